The van der Waals surface area contributed by atoms with E-state index in [1.54, 1.807) is 25.3 Å². The Labute approximate surface area is 223 Å². The molecule has 0 amide bonds. The molecule has 190 valence electrons. The second-order valence-electron chi connectivity index (χ2n) is 7.27. The molecule has 1 aromatic heterocycles. The van der Waals surface area contributed by atoms with Crippen molar-refractivity contribution in [2.75, 3.05) is 34.0 Å². The van der Waals surface area contributed by atoms with Gasteiger partial charge in [-0.25, -0.2) is 4.98 Å². The normalized spacial score (nSPS) is 14.5. The Hall–Kier alpha value is -2.28. The van der Waals surface area contributed by atoms with E-state index in [1.807, 2.05) is 26.0 Å². The first-order valence-electron chi connectivity index (χ1n) is 11.5. The Bertz CT molecular complexity index is 976. The van der Waals surface area contributed by atoms with Crippen LogP contribution in [0.4, 0.5) is 0 Å². The van der Waals surface area contributed by atoms with Crippen molar-refractivity contribution >= 4 is 0 Å². The Morgan fingerprint density at radius 3 is 2.43 bits per heavy atom. The summed E-state index contributed by atoms with van der Waals surface area (Å²) >= 11 is 0. The molecular weight excluding hydrogens is 614 g/mol. The van der Waals surface area contributed by atoms with E-state index in [2.05, 4.69) is 46.7 Å². The van der Waals surface area contributed by atoms with Gasteiger partial charge >= 0.3 is 0 Å². The molecule has 0 radical (unpaired) electrons. The van der Waals surface area contributed by atoms with Crippen LogP contribution in [-0.4, -0.2) is 49.2 Å². The molecule has 0 fully saturated rings. The van der Waals surface area contributed by atoms with Crippen molar-refractivity contribution in [1.82, 2.24) is 10.3 Å². The van der Waals surface area contributed by atoms with Crippen molar-refractivity contribution in [2.24, 2.45) is 0 Å². The number of benzene rings is 2. The number of nitrogens with zero attached hydrogens (tertiary/aromatic N) is 2. The zero-order chi connectivity index (χ0) is 24.8. The molecule has 0 aliphatic carbocycles. The smallest absolute Gasteiger partial charge is 0.213 e. The molecule has 0 bridgehead atoms. The SMILES string of the molecule is CC.COc1ccc2c(c1)C(c1ccccc1)[N-]CC2.COc1cccc(C(O)CNCO)n1.[W]. The molecule has 2 heterocycles. The van der Waals surface area contributed by atoms with Crippen molar-refractivity contribution in [3.05, 3.63) is 94.4 Å². The molecule has 8 heteroatoms. The first-order chi connectivity index (χ1) is 16.7. The minimum absolute atomic E-state index is 0. The number of hydrogen-bond donors (Lipinski definition) is 3. The van der Waals surface area contributed by atoms with Crippen LogP contribution in [0, 0.1) is 0 Å². The van der Waals surface area contributed by atoms with E-state index in [0.29, 0.717) is 11.6 Å². The van der Waals surface area contributed by atoms with Gasteiger partial charge in [0.25, 0.3) is 0 Å². The van der Waals surface area contributed by atoms with Gasteiger partial charge in [-0.05, 0) is 30.2 Å². The van der Waals surface area contributed by atoms with Crippen molar-refractivity contribution in [1.29, 1.82) is 0 Å². The monoisotopic (exact) mass is 650 g/mol. The summed E-state index contributed by atoms with van der Waals surface area (Å²) in [6.45, 7) is 5.00. The fraction of sp³-hybridized carbons (Fsp3) is 0.370. The predicted molar refractivity (Wildman–Crippen MR) is 135 cm³/mol. The number of aliphatic hydroxyl groups excluding tert-OH is 2. The van der Waals surface area contributed by atoms with E-state index in [0.717, 1.165) is 18.7 Å². The van der Waals surface area contributed by atoms with E-state index >= 15 is 0 Å². The summed E-state index contributed by atoms with van der Waals surface area (Å²) < 4.78 is 10.2. The van der Waals surface area contributed by atoms with E-state index in [4.69, 9.17) is 19.9 Å². The minimum atomic E-state index is -0.739. The summed E-state index contributed by atoms with van der Waals surface area (Å²) in [6, 6.07) is 22.1. The van der Waals surface area contributed by atoms with Crippen molar-refractivity contribution in [3.63, 3.8) is 0 Å². The number of ether oxygens (including phenoxy) is 2. The van der Waals surface area contributed by atoms with Gasteiger partial charge < -0.3 is 25.0 Å². The Morgan fingerprint density at radius 2 is 1.77 bits per heavy atom. The van der Waals surface area contributed by atoms with Gasteiger partial charge in [0.1, 0.15) is 11.9 Å². The van der Waals surface area contributed by atoms with Gasteiger partial charge in [-0.1, -0.05) is 73.5 Å². The molecule has 3 aromatic rings. The summed E-state index contributed by atoms with van der Waals surface area (Å²) in [5.74, 6) is 1.37. The summed E-state index contributed by atoms with van der Waals surface area (Å²) in [7, 11) is 3.23. The number of methoxy groups -OCH3 is 2. The van der Waals surface area contributed by atoms with Crippen LogP contribution < -0.4 is 14.8 Å². The maximum absolute atomic E-state index is 9.58. The van der Waals surface area contributed by atoms with Gasteiger partial charge in [-0.2, -0.15) is 0 Å². The number of aliphatic hydroxyl groups is 2. The minimum Gasteiger partial charge on any atom is -0.652 e. The predicted octanol–water partition coefficient (Wildman–Crippen LogP) is 4.40. The Morgan fingerprint density at radius 1 is 1.03 bits per heavy atom. The molecule has 4 rings (SSSR count). The molecule has 1 aliphatic rings. The van der Waals surface area contributed by atoms with Crippen molar-refractivity contribution < 1.29 is 40.8 Å². The molecule has 2 atom stereocenters. The van der Waals surface area contributed by atoms with Crippen LogP contribution in [-0.2, 0) is 27.5 Å². The number of hydrogen-bond acceptors (Lipinski definition) is 6. The van der Waals surface area contributed by atoms with Gasteiger partial charge in [0.2, 0.25) is 5.88 Å². The largest absolute Gasteiger partial charge is 0.652 e. The van der Waals surface area contributed by atoms with E-state index in [9.17, 15) is 5.11 Å². The molecule has 3 N–H and O–H groups in total. The number of nitrogens with one attached hydrogen (secondary N) is 1. The summed E-state index contributed by atoms with van der Waals surface area (Å²) in [5.41, 5.74) is 4.45. The van der Waals surface area contributed by atoms with Gasteiger partial charge in [0.15, 0.2) is 0 Å². The molecule has 1 aliphatic heterocycles. The van der Waals surface area contributed by atoms with Crippen LogP contribution in [0.1, 0.15) is 48.4 Å². The molecule has 35 heavy (non-hydrogen) atoms. The molecule has 2 aromatic carbocycles. The third-order valence-corrected chi connectivity index (χ3v) is 5.20. The molecule has 7 nitrogen and oxygen atoms in total. The summed E-state index contributed by atoms with van der Waals surface area (Å²) in [6.07, 6.45) is 0.292. The van der Waals surface area contributed by atoms with E-state index < -0.39 is 6.10 Å². The van der Waals surface area contributed by atoms with Crippen molar-refractivity contribution in [3.8, 4) is 11.6 Å². The van der Waals surface area contributed by atoms with Crippen LogP contribution in [0.5, 0.6) is 11.6 Å². The zero-order valence-corrected chi connectivity index (χ0v) is 23.8. The quantitative estimate of drug-likeness (QED) is 0.328. The van der Waals surface area contributed by atoms with E-state index in [1.165, 1.54) is 23.8 Å². The third-order valence-electron chi connectivity index (χ3n) is 5.20. The topological polar surface area (TPSA) is 97.9 Å². The van der Waals surface area contributed by atoms with Crippen LogP contribution in [0.2, 0.25) is 0 Å². The van der Waals surface area contributed by atoms with Gasteiger partial charge in [-0.15, -0.1) is 6.54 Å². The van der Waals surface area contributed by atoms with Crippen LogP contribution in [0.15, 0.2) is 66.7 Å². The maximum atomic E-state index is 9.58. The van der Waals surface area contributed by atoms with Crippen LogP contribution in [0.3, 0.4) is 0 Å². The summed E-state index contributed by atoms with van der Waals surface area (Å²) in [4.78, 5) is 4.05. The van der Waals surface area contributed by atoms with E-state index in [-0.39, 0.29) is 40.4 Å². The average Bonchev–Trinajstić information content (AvgIpc) is 2.93. The van der Waals surface area contributed by atoms with Crippen molar-refractivity contribution in [2.45, 2.75) is 32.4 Å². The number of rotatable bonds is 7. The zero-order valence-electron chi connectivity index (χ0n) is 20.8. The van der Waals surface area contributed by atoms with Gasteiger partial charge in [-0.3, -0.25) is 5.32 Å². The molecule has 0 saturated carbocycles. The molecular formula is C27H36N3O4W-. The Kier molecular flexibility index (Phi) is 15.1. The fourth-order valence-corrected chi connectivity index (χ4v) is 3.55. The molecule has 0 spiro atoms. The second kappa shape index (κ2) is 17.2. The number of fused-ring (bicyclic) bond motifs is 1. The molecule has 0 saturated heterocycles. The summed E-state index contributed by atoms with van der Waals surface area (Å²) in [5, 5.41) is 25.4. The molecule has 2 unspecified atom stereocenters. The van der Waals surface area contributed by atoms with Gasteiger partial charge in [0, 0.05) is 33.7 Å². The Balaban J connectivity index is 0.000000328. The number of aromatic nitrogens is 1. The standard InChI is InChI=1S/C16H16NO.C9H14N2O3.C2H6.W/c1-18-14-8-7-12-9-10-17-16(15(12)11-14)13-5-3-2-4-6-13;1-14-9-4-2-3-7(11-9)8(13)5-10-6-12;1-2;/h2-8,11,16H,9-10H2,1H3;2-4,8,10,12-13H,5-6H2,1H3;1-2H3;/q-1;;;. The van der Waals surface area contributed by atoms with Gasteiger partial charge in [0.05, 0.1) is 26.6 Å². The first-order valence-corrected chi connectivity index (χ1v) is 11.5. The third kappa shape index (κ3) is 9.36. The fourth-order valence-electron chi connectivity index (χ4n) is 3.55. The average molecular weight is 650 g/mol. The van der Waals surface area contributed by atoms with Crippen LogP contribution in [0.25, 0.3) is 5.32 Å². The van der Waals surface area contributed by atoms with Crippen LogP contribution >= 0.6 is 0 Å². The maximum Gasteiger partial charge on any atom is 0.213 e. The number of pyridine rings is 1. The second-order valence-corrected chi connectivity index (χ2v) is 7.27. The first kappa shape index (κ1) is 30.7.